The first-order valence-corrected chi connectivity index (χ1v) is 6.51. The molecule has 2 aromatic rings. The van der Waals surface area contributed by atoms with Gasteiger partial charge in [-0.05, 0) is 48.4 Å². The highest BCUT2D eigenvalue weighted by molar-refractivity contribution is 7.99. The maximum atomic E-state index is 13.8. The predicted octanol–water partition coefficient (Wildman–Crippen LogP) is 4.41. The summed E-state index contributed by atoms with van der Waals surface area (Å²) in [5.41, 5.74) is 1.61. The lowest BCUT2D eigenvalue weighted by Crippen LogP contribution is -1.86. The van der Waals surface area contributed by atoms with E-state index in [9.17, 15) is 4.39 Å². The number of aryl methyl sites for hydroxylation is 1. The van der Waals surface area contributed by atoms with E-state index in [0.717, 1.165) is 16.9 Å². The highest BCUT2D eigenvalue weighted by Crippen LogP contribution is 2.30. The van der Waals surface area contributed by atoms with Gasteiger partial charge in [0.15, 0.2) is 0 Å². The molecule has 0 amide bonds. The van der Waals surface area contributed by atoms with Gasteiger partial charge in [-0.1, -0.05) is 24.8 Å². The van der Waals surface area contributed by atoms with Crippen LogP contribution >= 0.6 is 11.8 Å². The van der Waals surface area contributed by atoms with Crippen LogP contribution < -0.4 is 0 Å². The van der Waals surface area contributed by atoms with Gasteiger partial charge in [0.25, 0.3) is 0 Å². The van der Waals surface area contributed by atoms with Crippen LogP contribution in [0.1, 0.15) is 18.1 Å². The number of nitriles is 1. The second kappa shape index (κ2) is 5.70. The van der Waals surface area contributed by atoms with Crippen LogP contribution in [0.3, 0.4) is 0 Å². The molecule has 0 saturated carbocycles. The van der Waals surface area contributed by atoms with Crippen LogP contribution in [0.2, 0.25) is 0 Å². The molecule has 0 saturated heterocycles. The second-order valence-electron chi connectivity index (χ2n) is 3.86. The fourth-order valence-electron chi connectivity index (χ4n) is 1.57. The van der Waals surface area contributed by atoms with Gasteiger partial charge >= 0.3 is 0 Å². The van der Waals surface area contributed by atoms with Crippen LogP contribution in [-0.2, 0) is 6.42 Å². The Morgan fingerprint density at radius 1 is 1.17 bits per heavy atom. The summed E-state index contributed by atoms with van der Waals surface area (Å²) in [7, 11) is 0. The van der Waals surface area contributed by atoms with Gasteiger partial charge in [0, 0.05) is 9.79 Å². The summed E-state index contributed by atoms with van der Waals surface area (Å²) >= 11 is 1.37. The van der Waals surface area contributed by atoms with E-state index in [-0.39, 0.29) is 5.82 Å². The van der Waals surface area contributed by atoms with E-state index in [1.165, 1.54) is 11.8 Å². The monoisotopic (exact) mass is 257 g/mol. The van der Waals surface area contributed by atoms with Crippen molar-refractivity contribution in [1.82, 2.24) is 0 Å². The molecule has 18 heavy (non-hydrogen) atoms. The van der Waals surface area contributed by atoms with Crippen molar-refractivity contribution in [2.45, 2.75) is 23.1 Å². The van der Waals surface area contributed by atoms with Crippen molar-refractivity contribution in [3.05, 3.63) is 59.4 Å². The molecule has 0 N–H and O–H groups in total. The highest BCUT2D eigenvalue weighted by Gasteiger charge is 2.05. The molecule has 0 aromatic heterocycles. The first kappa shape index (κ1) is 12.7. The molecule has 0 radical (unpaired) electrons. The molecule has 90 valence electrons. The van der Waals surface area contributed by atoms with Crippen molar-refractivity contribution < 1.29 is 4.39 Å². The Hall–Kier alpha value is -1.79. The van der Waals surface area contributed by atoms with Crippen molar-refractivity contribution in [3.63, 3.8) is 0 Å². The Morgan fingerprint density at radius 2 is 1.89 bits per heavy atom. The van der Waals surface area contributed by atoms with Gasteiger partial charge in [-0.2, -0.15) is 5.26 Å². The molecule has 0 heterocycles. The number of hydrogen-bond acceptors (Lipinski definition) is 2. The number of halogens is 1. The first-order valence-electron chi connectivity index (χ1n) is 5.69. The molecule has 0 aliphatic rings. The SMILES string of the molecule is CCc1ccc(Sc2ccc(C#N)cc2)c(F)c1. The molecule has 0 unspecified atom stereocenters. The van der Waals surface area contributed by atoms with E-state index < -0.39 is 0 Å². The van der Waals surface area contributed by atoms with Crippen LogP contribution in [0.4, 0.5) is 4.39 Å². The quantitative estimate of drug-likeness (QED) is 0.813. The third kappa shape index (κ3) is 2.91. The van der Waals surface area contributed by atoms with Gasteiger partial charge in [0.1, 0.15) is 5.82 Å². The Kier molecular flexibility index (Phi) is 4.01. The van der Waals surface area contributed by atoms with Crippen LogP contribution in [0.25, 0.3) is 0 Å². The minimum atomic E-state index is -0.191. The number of hydrogen-bond donors (Lipinski definition) is 0. The fraction of sp³-hybridized carbons (Fsp3) is 0.133. The number of benzene rings is 2. The number of rotatable bonds is 3. The van der Waals surface area contributed by atoms with Crippen molar-refractivity contribution in [1.29, 1.82) is 5.26 Å². The summed E-state index contributed by atoms with van der Waals surface area (Å²) in [6.07, 6.45) is 0.832. The highest BCUT2D eigenvalue weighted by atomic mass is 32.2. The van der Waals surface area contributed by atoms with Crippen LogP contribution in [0, 0.1) is 17.1 Å². The molecule has 0 aliphatic carbocycles. The van der Waals surface area contributed by atoms with Gasteiger partial charge in [0.05, 0.1) is 11.6 Å². The van der Waals surface area contributed by atoms with Crippen LogP contribution in [-0.4, -0.2) is 0 Å². The van der Waals surface area contributed by atoms with E-state index in [0.29, 0.717) is 10.5 Å². The Labute approximate surface area is 110 Å². The molecule has 2 aromatic carbocycles. The van der Waals surface area contributed by atoms with Gasteiger partial charge < -0.3 is 0 Å². The van der Waals surface area contributed by atoms with Gasteiger partial charge in [-0.15, -0.1) is 0 Å². The Bertz CT molecular complexity index is 584. The predicted molar refractivity (Wildman–Crippen MR) is 71.1 cm³/mol. The van der Waals surface area contributed by atoms with Crippen molar-refractivity contribution >= 4 is 11.8 Å². The third-order valence-electron chi connectivity index (χ3n) is 2.62. The molecule has 2 rings (SSSR count). The lowest BCUT2D eigenvalue weighted by Gasteiger charge is -2.05. The molecular weight excluding hydrogens is 245 g/mol. The average Bonchev–Trinajstić information content (AvgIpc) is 2.42. The topological polar surface area (TPSA) is 23.8 Å². The molecule has 0 bridgehead atoms. The zero-order valence-electron chi connectivity index (χ0n) is 9.98. The maximum absolute atomic E-state index is 13.8. The molecular formula is C15H12FNS. The van der Waals surface area contributed by atoms with Gasteiger partial charge in [-0.3, -0.25) is 0 Å². The Morgan fingerprint density at radius 3 is 2.44 bits per heavy atom. The molecule has 1 nitrogen and oxygen atoms in total. The standard InChI is InChI=1S/C15H12FNS/c1-2-11-5-8-15(14(16)9-11)18-13-6-3-12(10-17)4-7-13/h3-9H,2H2,1H3. The summed E-state index contributed by atoms with van der Waals surface area (Å²) in [6, 6.07) is 14.5. The largest absolute Gasteiger partial charge is 0.206 e. The molecule has 0 spiro atoms. The van der Waals surface area contributed by atoms with Crippen molar-refractivity contribution in [2.24, 2.45) is 0 Å². The fourth-order valence-corrected chi connectivity index (χ4v) is 2.39. The summed E-state index contributed by atoms with van der Waals surface area (Å²) in [5, 5.41) is 8.70. The smallest absolute Gasteiger partial charge is 0.137 e. The zero-order valence-corrected chi connectivity index (χ0v) is 10.8. The van der Waals surface area contributed by atoms with E-state index in [1.807, 2.05) is 25.1 Å². The summed E-state index contributed by atoms with van der Waals surface area (Å²) in [4.78, 5) is 1.54. The molecule has 0 atom stereocenters. The summed E-state index contributed by atoms with van der Waals surface area (Å²) in [5.74, 6) is -0.191. The molecule has 3 heteroatoms. The van der Waals surface area contributed by atoms with Gasteiger partial charge in [0.2, 0.25) is 0 Å². The molecule has 0 fully saturated rings. The van der Waals surface area contributed by atoms with Gasteiger partial charge in [-0.25, -0.2) is 4.39 Å². The van der Waals surface area contributed by atoms with Crippen molar-refractivity contribution in [3.8, 4) is 6.07 Å². The minimum Gasteiger partial charge on any atom is -0.206 e. The lowest BCUT2D eigenvalue weighted by molar-refractivity contribution is 0.600. The first-order chi connectivity index (χ1) is 8.72. The Balaban J connectivity index is 2.20. The number of nitrogens with zero attached hydrogens (tertiary/aromatic N) is 1. The minimum absolute atomic E-state index is 0.191. The van der Waals surface area contributed by atoms with Crippen LogP contribution in [0.5, 0.6) is 0 Å². The zero-order chi connectivity index (χ0) is 13.0. The van der Waals surface area contributed by atoms with E-state index in [4.69, 9.17) is 5.26 Å². The van der Waals surface area contributed by atoms with Crippen molar-refractivity contribution in [2.75, 3.05) is 0 Å². The molecule has 0 aliphatic heterocycles. The average molecular weight is 257 g/mol. The summed E-state index contributed by atoms with van der Waals surface area (Å²) < 4.78 is 13.8. The normalized spacial score (nSPS) is 10.1. The van der Waals surface area contributed by atoms with E-state index in [2.05, 4.69) is 6.07 Å². The summed E-state index contributed by atoms with van der Waals surface area (Å²) in [6.45, 7) is 2.00. The van der Waals surface area contributed by atoms with E-state index in [1.54, 1.807) is 24.3 Å². The lowest BCUT2D eigenvalue weighted by atomic mass is 10.2. The van der Waals surface area contributed by atoms with E-state index >= 15 is 0 Å². The maximum Gasteiger partial charge on any atom is 0.137 e. The third-order valence-corrected chi connectivity index (χ3v) is 3.67. The second-order valence-corrected chi connectivity index (χ2v) is 4.97. The van der Waals surface area contributed by atoms with Crippen LogP contribution in [0.15, 0.2) is 52.3 Å².